The molecular formula is C21H18N6O2. The summed E-state index contributed by atoms with van der Waals surface area (Å²) in [7, 11) is 0. The van der Waals surface area contributed by atoms with E-state index in [1.165, 1.54) is 0 Å². The second-order valence-corrected chi connectivity index (χ2v) is 7.17. The van der Waals surface area contributed by atoms with Crippen molar-refractivity contribution in [2.45, 2.75) is 19.1 Å². The number of aromatic nitrogens is 4. The number of rotatable bonds is 3. The number of benzene rings is 1. The third kappa shape index (κ3) is 2.75. The summed E-state index contributed by atoms with van der Waals surface area (Å²) in [4.78, 5) is 26.8. The maximum Gasteiger partial charge on any atom is 0.253 e. The first-order valence-electron chi connectivity index (χ1n) is 9.43. The molecule has 1 atom stereocenters. The lowest BCUT2D eigenvalue weighted by Crippen LogP contribution is -2.29. The number of fused-ring (bicyclic) bond motifs is 3. The van der Waals surface area contributed by atoms with Crippen LogP contribution >= 0.6 is 0 Å². The van der Waals surface area contributed by atoms with Crippen LogP contribution in [0.25, 0.3) is 22.1 Å². The van der Waals surface area contributed by atoms with Gasteiger partial charge in [-0.1, -0.05) is 0 Å². The first kappa shape index (κ1) is 17.4. The Bertz CT molecular complexity index is 1260. The molecule has 0 bridgehead atoms. The number of aliphatic hydroxyl groups excluding tert-OH is 1. The lowest BCUT2D eigenvalue weighted by atomic mass is 10.1. The highest BCUT2D eigenvalue weighted by Gasteiger charge is 2.31. The number of hydrogen-bond donors (Lipinski definition) is 2. The Balaban J connectivity index is 1.49. The standard InChI is InChI=1S/C21H18N6O2/c22-9-13-1-3-14(4-2-13)21(29)26-8-6-15(11-26)27-18(12-28)25-17-10-24-20-16(19(17)27)5-7-23-20/h1-5,7,10,15,28H,6,8,11-12H2,(H,23,24). The van der Waals surface area contributed by atoms with Crippen LogP contribution in [0.3, 0.4) is 0 Å². The van der Waals surface area contributed by atoms with Gasteiger partial charge >= 0.3 is 0 Å². The minimum atomic E-state index is -0.180. The SMILES string of the molecule is N#Cc1ccc(C(=O)N2CCC(n3c(CO)nc4cnc5[nH]ccc5c43)C2)cc1. The summed E-state index contributed by atoms with van der Waals surface area (Å²) in [5, 5.41) is 19.8. The molecule has 5 rings (SSSR count). The van der Waals surface area contributed by atoms with Gasteiger partial charge in [0.2, 0.25) is 0 Å². The van der Waals surface area contributed by atoms with E-state index in [1.54, 1.807) is 30.5 Å². The van der Waals surface area contributed by atoms with Gasteiger partial charge in [-0.2, -0.15) is 5.26 Å². The number of nitriles is 1. The van der Waals surface area contributed by atoms with Crippen molar-refractivity contribution < 1.29 is 9.90 Å². The second kappa shape index (κ2) is 6.72. The van der Waals surface area contributed by atoms with E-state index in [0.29, 0.717) is 30.0 Å². The van der Waals surface area contributed by atoms with Gasteiger partial charge in [0.1, 0.15) is 23.6 Å². The highest BCUT2D eigenvalue weighted by molar-refractivity contribution is 6.01. The monoisotopic (exact) mass is 386 g/mol. The molecule has 0 radical (unpaired) electrons. The number of imidazole rings is 1. The summed E-state index contributed by atoms with van der Waals surface area (Å²) < 4.78 is 2.05. The van der Waals surface area contributed by atoms with Crippen LogP contribution in [0.15, 0.2) is 42.7 Å². The van der Waals surface area contributed by atoms with E-state index in [4.69, 9.17) is 5.26 Å². The van der Waals surface area contributed by atoms with Gasteiger partial charge in [-0.25, -0.2) is 9.97 Å². The molecule has 29 heavy (non-hydrogen) atoms. The van der Waals surface area contributed by atoms with Crippen LogP contribution in [-0.2, 0) is 6.61 Å². The summed E-state index contributed by atoms with van der Waals surface area (Å²) >= 11 is 0. The fourth-order valence-electron chi connectivity index (χ4n) is 4.15. The fraction of sp³-hybridized carbons (Fsp3) is 0.238. The van der Waals surface area contributed by atoms with Crippen molar-refractivity contribution in [1.82, 2.24) is 24.4 Å². The molecule has 3 aromatic heterocycles. The number of hydrogen-bond acceptors (Lipinski definition) is 5. The number of H-pyrrole nitrogens is 1. The average Bonchev–Trinajstić information content (AvgIpc) is 3.49. The number of nitrogens with zero attached hydrogens (tertiary/aromatic N) is 5. The maximum absolute atomic E-state index is 12.9. The molecule has 1 aliphatic rings. The molecule has 1 saturated heterocycles. The Labute approximate surface area is 166 Å². The summed E-state index contributed by atoms with van der Waals surface area (Å²) in [6.45, 7) is 0.974. The van der Waals surface area contributed by atoms with Crippen molar-refractivity contribution in [2.24, 2.45) is 0 Å². The van der Waals surface area contributed by atoms with Gasteiger partial charge in [0.05, 0.1) is 29.4 Å². The van der Waals surface area contributed by atoms with Crippen molar-refractivity contribution in [3.63, 3.8) is 0 Å². The Morgan fingerprint density at radius 1 is 1.31 bits per heavy atom. The molecule has 0 aliphatic carbocycles. The summed E-state index contributed by atoms with van der Waals surface area (Å²) in [6, 6.07) is 10.7. The molecule has 1 fully saturated rings. The molecular weight excluding hydrogens is 368 g/mol. The van der Waals surface area contributed by atoms with E-state index >= 15 is 0 Å². The molecule has 0 saturated carbocycles. The topological polar surface area (TPSA) is 111 Å². The molecule has 1 aliphatic heterocycles. The van der Waals surface area contributed by atoms with Gasteiger partial charge < -0.3 is 19.6 Å². The van der Waals surface area contributed by atoms with Crippen molar-refractivity contribution in [3.05, 3.63) is 59.7 Å². The van der Waals surface area contributed by atoms with Crippen LogP contribution in [-0.4, -0.2) is 48.5 Å². The Morgan fingerprint density at radius 2 is 2.14 bits per heavy atom. The highest BCUT2D eigenvalue weighted by Crippen LogP contribution is 2.32. The van der Waals surface area contributed by atoms with Crippen molar-refractivity contribution in [3.8, 4) is 6.07 Å². The highest BCUT2D eigenvalue weighted by atomic mass is 16.3. The van der Waals surface area contributed by atoms with Gasteiger partial charge in [0.15, 0.2) is 0 Å². The smallest absolute Gasteiger partial charge is 0.253 e. The largest absolute Gasteiger partial charge is 0.388 e. The normalized spacial score (nSPS) is 16.6. The molecule has 8 heteroatoms. The lowest BCUT2D eigenvalue weighted by molar-refractivity contribution is 0.0787. The quantitative estimate of drug-likeness (QED) is 0.562. The van der Waals surface area contributed by atoms with E-state index in [9.17, 15) is 9.90 Å². The van der Waals surface area contributed by atoms with Gasteiger partial charge in [-0.15, -0.1) is 0 Å². The molecule has 1 aromatic carbocycles. The molecule has 1 unspecified atom stereocenters. The average molecular weight is 386 g/mol. The number of pyridine rings is 1. The van der Waals surface area contributed by atoms with Crippen LogP contribution in [0.2, 0.25) is 0 Å². The number of nitrogens with one attached hydrogen (secondary N) is 1. The Kier molecular flexibility index (Phi) is 4.03. The zero-order valence-electron chi connectivity index (χ0n) is 15.5. The van der Waals surface area contributed by atoms with Crippen molar-refractivity contribution >= 4 is 28.0 Å². The zero-order chi connectivity index (χ0) is 20.0. The molecule has 4 aromatic rings. The number of aliphatic hydroxyl groups is 1. The number of carbonyl (C=O) groups is 1. The van der Waals surface area contributed by atoms with Gasteiger partial charge in [-0.05, 0) is 36.8 Å². The third-order valence-corrected chi connectivity index (χ3v) is 5.53. The fourth-order valence-corrected chi connectivity index (χ4v) is 4.15. The molecule has 0 spiro atoms. The first-order chi connectivity index (χ1) is 14.2. The van der Waals surface area contributed by atoms with E-state index < -0.39 is 0 Å². The number of carbonyl (C=O) groups excluding carboxylic acids is 1. The minimum Gasteiger partial charge on any atom is -0.388 e. The van der Waals surface area contributed by atoms with E-state index in [1.807, 2.05) is 17.2 Å². The van der Waals surface area contributed by atoms with E-state index in [2.05, 4.69) is 25.6 Å². The van der Waals surface area contributed by atoms with Gasteiger partial charge in [0.25, 0.3) is 5.91 Å². The summed E-state index contributed by atoms with van der Waals surface area (Å²) in [6.07, 6.45) is 4.32. The predicted octanol–water partition coefficient (Wildman–Crippen LogP) is 2.36. The molecule has 1 amide bonds. The molecule has 144 valence electrons. The van der Waals surface area contributed by atoms with Crippen molar-refractivity contribution in [1.29, 1.82) is 5.26 Å². The first-order valence-corrected chi connectivity index (χ1v) is 9.43. The van der Waals surface area contributed by atoms with Crippen LogP contribution in [0.4, 0.5) is 0 Å². The van der Waals surface area contributed by atoms with Crippen LogP contribution in [0.1, 0.15) is 34.2 Å². The zero-order valence-corrected chi connectivity index (χ0v) is 15.5. The summed E-state index contributed by atoms with van der Waals surface area (Å²) in [5.74, 6) is 0.522. The minimum absolute atomic E-state index is 0.0185. The molecule has 4 heterocycles. The van der Waals surface area contributed by atoms with Crippen molar-refractivity contribution in [2.75, 3.05) is 13.1 Å². The Hall–Kier alpha value is -3.70. The Morgan fingerprint density at radius 3 is 2.90 bits per heavy atom. The van der Waals surface area contributed by atoms with Crippen LogP contribution in [0.5, 0.6) is 0 Å². The van der Waals surface area contributed by atoms with Gasteiger partial charge in [0, 0.05) is 30.2 Å². The second-order valence-electron chi connectivity index (χ2n) is 7.17. The third-order valence-electron chi connectivity index (χ3n) is 5.53. The number of amides is 1. The summed E-state index contributed by atoms with van der Waals surface area (Å²) in [5.41, 5.74) is 3.53. The number of likely N-dealkylation sites (tertiary alicyclic amines) is 1. The lowest BCUT2D eigenvalue weighted by Gasteiger charge is -2.19. The maximum atomic E-state index is 12.9. The van der Waals surface area contributed by atoms with Crippen LogP contribution in [0, 0.1) is 11.3 Å². The van der Waals surface area contributed by atoms with Gasteiger partial charge in [-0.3, -0.25) is 4.79 Å². The molecule has 8 nitrogen and oxygen atoms in total. The number of aromatic amines is 1. The van der Waals surface area contributed by atoms with Crippen LogP contribution < -0.4 is 0 Å². The van der Waals surface area contributed by atoms with E-state index in [-0.39, 0.29) is 18.6 Å². The van der Waals surface area contributed by atoms with E-state index in [0.717, 1.165) is 28.5 Å². The predicted molar refractivity (Wildman–Crippen MR) is 106 cm³/mol. The molecule has 2 N–H and O–H groups in total.